The summed E-state index contributed by atoms with van der Waals surface area (Å²) >= 11 is 0. The lowest BCUT2D eigenvalue weighted by Crippen LogP contribution is -2.62. The highest BCUT2D eigenvalue weighted by Crippen LogP contribution is 2.67. The predicted octanol–water partition coefficient (Wildman–Crippen LogP) is 1.78. The molecule has 0 amide bonds. The second kappa shape index (κ2) is 5.73. The van der Waals surface area contributed by atoms with Crippen molar-refractivity contribution in [3.63, 3.8) is 0 Å². The normalized spacial score (nSPS) is 50.5. The zero-order chi connectivity index (χ0) is 18.9. The Hall–Kier alpha value is -1.04. The summed E-state index contributed by atoms with van der Waals surface area (Å²) in [6, 6.07) is 0. The van der Waals surface area contributed by atoms with Crippen LogP contribution in [-0.2, 0) is 9.59 Å². The van der Waals surface area contributed by atoms with Crippen molar-refractivity contribution >= 4 is 11.6 Å². The third-order valence-electron chi connectivity index (χ3n) is 8.65. The topological polar surface area (TPSA) is 94.8 Å². The van der Waals surface area contributed by atoms with Crippen molar-refractivity contribution in [2.24, 2.45) is 28.6 Å². The SMILES string of the molecule is C[C@]12C[C@@H](O)[C@@H]3[C@@H](CCC4=CC(=O)CC[C@]43C)[C@@H]1CC[C@]2(O)C(=O)CO. The summed E-state index contributed by atoms with van der Waals surface area (Å²) in [6.07, 6.45) is 5.74. The van der Waals surface area contributed by atoms with Crippen LogP contribution >= 0.6 is 0 Å². The van der Waals surface area contributed by atoms with Crippen LogP contribution in [0.5, 0.6) is 0 Å². The van der Waals surface area contributed by atoms with Crippen molar-refractivity contribution in [1.29, 1.82) is 0 Å². The Morgan fingerprint density at radius 1 is 1.23 bits per heavy atom. The van der Waals surface area contributed by atoms with Crippen LogP contribution < -0.4 is 0 Å². The van der Waals surface area contributed by atoms with Gasteiger partial charge >= 0.3 is 0 Å². The van der Waals surface area contributed by atoms with Gasteiger partial charge in [0.25, 0.3) is 0 Å². The summed E-state index contributed by atoms with van der Waals surface area (Å²) < 4.78 is 0. The number of Topliss-reactive ketones (excluding diaryl/α,β-unsaturated/α-hetero) is 1. The summed E-state index contributed by atoms with van der Waals surface area (Å²) in [4.78, 5) is 24.3. The zero-order valence-corrected chi connectivity index (χ0v) is 15.7. The average Bonchev–Trinajstić information content (AvgIpc) is 2.86. The maximum Gasteiger partial charge on any atom is 0.190 e. The number of carbonyl (C=O) groups is 2. The molecule has 4 aliphatic carbocycles. The molecule has 4 rings (SSSR count). The summed E-state index contributed by atoms with van der Waals surface area (Å²) in [5.41, 5.74) is -1.23. The molecule has 0 unspecified atom stereocenters. The molecule has 0 aromatic carbocycles. The van der Waals surface area contributed by atoms with Crippen LogP contribution in [0.2, 0.25) is 0 Å². The number of aliphatic hydroxyl groups is 3. The van der Waals surface area contributed by atoms with E-state index in [2.05, 4.69) is 6.92 Å². The fourth-order valence-electron chi connectivity index (χ4n) is 7.28. The van der Waals surface area contributed by atoms with Gasteiger partial charge in [-0.2, -0.15) is 0 Å². The Kier molecular flexibility index (Phi) is 4.04. The van der Waals surface area contributed by atoms with Gasteiger partial charge in [-0.05, 0) is 67.8 Å². The van der Waals surface area contributed by atoms with Crippen molar-refractivity contribution in [2.45, 2.75) is 70.5 Å². The third kappa shape index (κ3) is 2.14. The van der Waals surface area contributed by atoms with Crippen LogP contribution in [0.15, 0.2) is 11.6 Å². The van der Waals surface area contributed by atoms with E-state index in [0.717, 1.165) is 25.7 Å². The minimum atomic E-state index is -1.54. The van der Waals surface area contributed by atoms with Crippen molar-refractivity contribution < 1.29 is 24.9 Å². The van der Waals surface area contributed by atoms with Crippen LogP contribution in [0.4, 0.5) is 0 Å². The molecule has 5 heteroatoms. The Bertz CT molecular complexity index is 684. The number of fused-ring (bicyclic) bond motifs is 5. The van der Waals surface area contributed by atoms with Crippen LogP contribution in [0.1, 0.15) is 58.8 Å². The van der Waals surface area contributed by atoms with E-state index in [4.69, 9.17) is 0 Å². The van der Waals surface area contributed by atoms with E-state index in [1.165, 1.54) is 5.57 Å². The smallest absolute Gasteiger partial charge is 0.190 e. The van der Waals surface area contributed by atoms with E-state index in [1.807, 2.05) is 6.92 Å². The van der Waals surface area contributed by atoms with E-state index < -0.39 is 29.5 Å². The highest BCUT2D eigenvalue weighted by Gasteiger charge is 2.68. The van der Waals surface area contributed by atoms with Gasteiger partial charge < -0.3 is 15.3 Å². The van der Waals surface area contributed by atoms with Crippen LogP contribution in [0, 0.1) is 28.6 Å². The molecule has 0 aromatic heterocycles. The molecule has 3 saturated carbocycles. The van der Waals surface area contributed by atoms with Crippen LogP contribution in [0.25, 0.3) is 0 Å². The van der Waals surface area contributed by atoms with E-state index >= 15 is 0 Å². The van der Waals surface area contributed by atoms with Gasteiger partial charge in [0.2, 0.25) is 0 Å². The van der Waals surface area contributed by atoms with Crippen molar-refractivity contribution in [3.05, 3.63) is 11.6 Å². The van der Waals surface area contributed by atoms with Crippen molar-refractivity contribution in [1.82, 2.24) is 0 Å². The Labute approximate surface area is 154 Å². The van der Waals surface area contributed by atoms with Crippen molar-refractivity contribution in [3.8, 4) is 0 Å². The Morgan fingerprint density at radius 3 is 2.65 bits per heavy atom. The monoisotopic (exact) mass is 362 g/mol. The van der Waals surface area contributed by atoms with E-state index in [-0.39, 0.29) is 29.0 Å². The van der Waals surface area contributed by atoms with Crippen LogP contribution in [0.3, 0.4) is 0 Å². The molecule has 0 aliphatic heterocycles. The number of aliphatic hydroxyl groups excluding tert-OH is 2. The average molecular weight is 362 g/mol. The van der Waals surface area contributed by atoms with Gasteiger partial charge in [0.05, 0.1) is 6.10 Å². The molecular formula is C21H30O5. The standard InChI is InChI=1S/C21H30O5/c1-19-7-5-13(23)9-12(19)3-4-14-15-6-8-21(26,17(25)11-22)20(15,2)10-16(24)18(14)19/h9,14-16,18,22,24,26H,3-8,10-11H2,1-2H3/t14-,15-,16+,18-,19+,20-,21-/m0/s1. The summed E-state index contributed by atoms with van der Waals surface area (Å²) in [5.74, 6) is 0.140. The molecule has 5 nitrogen and oxygen atoms in total. The number of hydrogen-bond donors (Lipinski definition) is 3. The van der Waals surface area contributed by atoms with E-state index in [0.29, 0.717) is 19.3 Å². The Morgan fingerprint density at radius 2 is 1.96 bits per heavy atom. The van der Waals surface area contributed by atoms with E-state index in [1.54, 1.807) is 6.08 Å². The molecule has 3 fully saturated rings. The minimum Gasteiger partial charge on any atom is -0.393 e. The second-order valence-electron chi connectivity index (χ2n) is 9.56. The van der Waals surface area contributed by atoms with Gasteiger partial charge in [-0.3, -0.25) is 9.59 Å². The van der Waals surface area contributed by atoms with Crippen LogP contribution in [-0.4, -0.2) is 45.2 Å². The molecular weight excluding hydrogens is 332 g/mol. The molecule has 0 spiro atoms. The minimum absolute atomic E-state index is 0.0697. The maximum atomic E-state index is 12.4. The largest absolute Gasteiger partial charge is 0.393 e. The molecule has 0 bridgehead atoms. The highest BCUT2D eigenvalue weighted by atomic mass is 16.3. The van der Waals surface area contributed by atoms with E-state index in [9.17, 15) is 24.9 Å². The number of allylic oxidation sites excluding steroid dienone is 1. The quantitative estimate of drug-likeness (QED) is 0.696. The summed E-state index contributed by atoms with van der Waals surface area (Å²) in [6.45, 7) is 3.46. The maximum absolute atomic E-state index is 12.4. The first-order valence-corrected chi connectivity index (χ1v) is 9.96. The molecule has 3 N–H and O–H groups in total. The molecule has 144 valence electrons. The molecule has 0 saturated heterocycles. The first-order valence-electron chi connectivity index (χ1n) is 9.96. The van der Waals surface area contributed by atoms with Gasteiger partial charge in [-0.25, -0.2) is 0 Å². The van der Waals surface area contributed by atoms with Gasteiger partial charge in [-0.15, -0.1) is 0 Å². The molecule has 26 heavy (non-hydrogen) atoms. The second-order valence-corrected chi connectivity index (χ2v) is 9.56. The number of ketones is 2. The molecule has 0 heterocycles. The lowest BCUT2D eigenvalue weighted by atomic mass is 9.45. The Balaban J connectivity index is 1.74. The zero-order valence-electron chi connectivity index (χ0n) is 15.7. The molecule has 7 atom stereocenters. The van der Waals surface area contributed by atoms with Gasteiger partial charge in [0.1, 0.15) is 12.2 Å². The van der Waals surface area contributed by atoms with Crippen molar-refractivity contribution in [2.75, 3.05) is 6.61 Å². The number of carbonyl (C=O) groups excluding carboxylic acids is 2. The predicted molar refractivity (Wildman–Crippen MR) is 95.1 cm³/mol. The molecule has 4 aliphatic rings. The summed E-state index contributed by atoms with van der Waals surface area (Å²) in [5, 5.41) is 31.7. The van der Waals surface area contributed by atoms with Gasteiger partial charge in [-0.1, -0.05) is 19.4 Å². The fourth-order valence-corrected chi connectivity index (χ4v) is 7.28. The highest BCUT2D eigenvalue weighted by molar-refractivity contribution is 5.91. The molecule has 0 radical (unpaired) electrons. The first-order chi connectivity index (χ1) is 12.2. The first kappa shape index (κ1) is 18.3. The fraction of sp³-hybridized carbons (Fsp3) is 0.810. The summed E-state index contributed by atoms with van der Waals surface area (Å²) in [7, 11) is 0. The van der Waals surface area contributed by atoms with Gasteiger partial charge in [0.15, 0.2) is 11.6 Å². The third-order valence-corrected chi connectivity index (χ3v) is 8.65. The number of hydrogen-bond acceptors (Lipinski definition) is 5. The van der Waals surface area contributed by atoms with Gasteiger partial charge in [0, 0.05) is 11.8 Å². The molecule has 0 aromatic rings. The lowest BCUT2D eigenvalue weighted by molar-refractivity contribution is -0.182. The number of rotatable bonds is 2. The lowest BCUT2D eigenvalue weighted by Gasteiger charge is -2.60.